The molecule has 6 nitrogen and oxygen atoms in total. The second-order valence-corrected chi connectivity index (χ2v) is 6.59. The van der Waals surface area contributed by atoms with Crippen molar-refractivity contribution >= 4 is 38.6 Å². The van der Waals surface area contributed by atoms with Crippen LogP contribution in [0.25, 0.3) is 10.2 Å². The zero-order chi connectivity index (χ0) is 20.1. The van der Waals surface area contributed by atoms with Crippen molar-refractivity contribution in [2.24, 2.45) is 0 Å². The van der Waals surface area contributed by atoms with Crippen LogP contribution in [-0.2, 0) is 9.53 Å². The standard InChI is InChI=1S/C19H16F2N2O4S/c1-2-23(19-22-14-8-3-4-9-15(14)28-19)16(24)11-26-17(25)12-6-5-7-13(10-12)27-18(20)21/h3-10,18H,2,11H2,1H3. The highest BCUT2D eigenvalue weighted by molar-refractivity contribution is 7.22. The molecule has 0 unspecified atom stereocenters. The van der Waals surface area contributed by atoms with E-state index in [0.29, 0.717) is 11.7 Å². The Morgan fingerprint density at radius 2 is 1.96 bits per heavy atom. The number of aromatic nitrogens is 1. The summed E-state index contributed by atoms with van der Waals surface area (Å²) in [5, 5.41) is 0.511. The van der Waals surface area contributed by atoms with Gasteiger partial charge in [0, 0.05) is 6.54 Å². The van der Waals surface area contributed by atoms with Gasteiger partial charge in [-0.25, -0.2) is 9.78 Å². The molecule has 0 saturated carbocycles. The maximum Gasteiger partial charge on any atom is 0.387 e. The summed E-state index contributed by atoms with van der Waals surface area (Å²) < 4.78 is 34.8. The fourth-order valence-electron chi connectivity index (χ4n) is 2.48. The molecule has 146 valence electrons. The lowest BCUT2D eigenvalue weighted by molar-refractivity contribution is -0.121. The number of hydrogen-bond acceptors (Lipinski definition) is 6. The first-order valence-electron chi connectivity index (χ1n) is 8.36. The second kappa shape index (κ2) is 8.75. The van der Waals surface area contributed by atoms with Crippen LogP contribution in [0.3, 0.4) is 0 Å². The molecule has 1 heterocycles. The predicted molar refractivity (Wildman–Crippen MR) is 101 cm³/mol. The highest BCUT2D eigenvalue weighted by atomic mass is 32.1. The maximum absolute atomic E-state index is 12.5. The van der Waals surface area contributed by atoms with Crippen LogP contribution in [0.15, 0.2) is 48.5 Å². The van der Waals surface area contributed by atoms with E-state index in [1.807, 2.05) is 24.3 Å². The van der Waals surface area contributed by atoms with Crippen molar-refractivity contribution in [2.75, 3.05) is 18.1 Å². The number of para-hydroxylation sites is 1. The zero-order valence-electron chi connectivity index (χ0n) is 14.8. The van der Waals surface area contributed by atoms with E-state index in [1.165, 1.54) is 34.4 Å². The average molecular weight is 406 g/mol. The highest BCUT2D eigenvalue weighted by Crippen LogP contribution is 2.28. The molecule has 0 fully saturated rings. The van der Waals surface area contributed by atoms with Crippen molar-refractivity contribution in [3.63, 3.8) is 0 Å². The Kier molecular flexibility index (Phi) is 6.15. The number of benzene rings is 2. The van der Waals surface area contributed by atoms with Crippen LogP contribution in [0.5, 0.6) is 5.75 Å². The molecule has 0 bridgehead atoms. The molecule has 0 N–H and O–H groups in total. The number of alkyl halides is 2. The normalized spacial score (nSPS) is 10.9. The summed E-state index contributed by atoms with van der Waals surface area (Å²) in [5.74, 6) is -1.41. The van der Waals surface area contributed by atoms with Crippen molar-refractivity contribution in [3.05, 3.63) is 54.1 Å². The number of halogens is 2. The number of amides is 1. The van der Waals surface area contributed by atoms with Crippen LogP contribution >= 0.6 is 11.3 Å². The molecule has 9 heteroatoms. The Labute approximate surface area is 163 Å². The predicted octanol–water partition coefficient (Wildman–Crippen LogP) is 4.11. The molecule has 1 amide bonds. The summed E-state index contributed by atoms with van der Waals surface area (Å²) >= 11 is 1.36. The SMILES string of the molecule is CCN(C(=O)COC(=O)c1cccc(OC(F)F)c1)c1nc2ccccc2s1. The van der Waals surface area contributed by atoms with Crippen molar-refractivity contribution in [3.8, 4) is 5.75 Å². The lowest BCUT2D eigenvalue weighted by Crippen LogP contribution is -2.34. The van der Waals surface area contributed by atoms with Crippen LogP contribution in [-0.4, -0.2) is 36.6 Å². The molecule has 3 aromatic rings. The van der Waals surface area contributed by atoms with Gasteiger partial charge in [-0.15, -0.1) is 0 Å². The number of ether oxygens (including phenoxy) is 2. The van der Waals surface area contributed by atoms with E-state index in [4.69, 9.17) is 4.74 Å². The molecule has 1 aromatic heterocycles. The molecule has 2 aromatic carbocycles. The number of anilines is 1. The van der Waals surface area contributed by atoms with Gasteiger partial charge in [0.25, 0.3) is 5.91 Å². The monoisotopic (exact) mass is 406 g/mol. The number of esters is 1. The first-order valence-corrected chi connectivity index (χ1v) is 9.17. The number of hydrogen-bond donors (Lipinski definition) is 0. The van der Waals surface area contributed by atoms with E-state index in [2.05, 4.69) is 9.72 Å². The van der Waals surface area contributed by atoms with Crippen molar-refractivity contribution in [2.45, 2.75) is 13.5 Å². The van der Waals surface area contributed by atoms with Crippen LogP contribution in [0.4, 0.5) is 13.9 Å². The lowest BCUT2D eigenvalue weighted by Gasteiger charge is -2.17. The number of nitrogens with zero attached hydrogens (tertiary/aromatic N) is 2. The number of thiazole rings is 1. The lowest BCUT2D eigenvalue weighted by atomic mass is 10.2. The van der Waals surface area contributed by atoms with E-state index < -0.39 is 25.1 Å². The quantitative estimate of drug-likeness (QED) is 0.553. The minimum atomic E-state index is -3.00. The minimum absolute atomic E-state index is 0.00832. The molecule has 0 saturated heterocycles. The summed E-state index contributed by atoms with van der Waals surface area (Å²) in [4.78, 5) is 30.5. The summed E-state index contributed by atoms with van der Waals surface area (Å²) in [6, 6.07) is 12.7. The topological polar surface area (TPSA) is 68.7 Å². The maximum atomic E-state index is 12.5. The fraction of sp³-hybridized carbons (Fsp3) is 0.211. The van der Waals surface area contributed by atoms with E-state index in [-0.39, 0.29) is 11.3 Å². The summed E-state index contributed by atoms with van der Waals surface area (Å²) in [6.45, 7) is -1.35. The van der Waals surface area contributed by atoms with E-state index in [9.17, 15) is 18.4 Å². The molecule has 28 heavy (non-hydrogen) atoms. The van der Waals surface area contributed by atoms with Crippen LogP contribution in [0, 0.1) is 0 Å². The van der Waals surface area contributed by atoms with E-state index in [1.54, 1.807) is 6.92 Å². The van der Waals surface area contributed by atoms with Crippen LogP contribution < -0.4 is 9.64 Å². The first kappa shape index (κ1) is 19.7. The summed E-state index contributed by atoms with van der Waals surface area (Å²) in [5.41, 5.74) is 0.788. The molecule has 0 radical (unpaired) electrons. The number of carbonyl (C=O) groups excluding carboxylic acids is 2. The molecular formula is C19H16F2N2O4S. The van der Waals surface area contributed by atoms with Gasteiger partial charge >= 0.3 is 12.6 Å². The number of rotatable bonds is 7. The molecule has 3 rings (SSSR count). The Bertz CT molecular complexity index is 960. The van der Waals surface area contributed by atoms with Gasteiger partial charge in [-0.1, -0.05) is 29.5 Å². The van der Waals surface area contributed by atoms with E-state index >= 15 is 0 Å². The number of fused-ring (bicyclic) bond motifs is 1. The van der Waals surface area contributed by atoms with Crippen molar-refractivity contribution in [1.29, 1.82) is 0 Å². The Balaban J connectivity index is 1.65. The summed E-state index contributed by atoms with van der Waals surface area (Å²) in [7, 11) is 0. The Hall–Kier alpha value is -3.07. The molecular weight excluding hydrogens is 390 g/mol. The van der Waals surface area contributed by atoms with Gasteiger partial charge < -0.3 is 9.47 Å². The summed E-state index contributed by atoms with van der Waals surface area (Å²) in [6.07, 6.45) is 0. The third-order valence-corrected chi connectivity index (χ3v) is 4.81. The first-order chi connectivity index (χ1) is 13.5. The number of carbonyl (C=O) groups is 2. The van der Waals surface area contributed by atoms with Gasteiger partial charge in [0.2, 0.25) is 0 Å². The van der Waals surface area contributed by atoms with Crippen LogP contribution in [0.1, 0.15) is 17.3 Å². The van der Waals surface area contributed by atoms with E-state index in [0.717, 1.165) is 16.3 Å². The van der Waals surface area contributed by atoms with Gasteiger partial charge in [0.05, 0.1) is 15.8 Å². The number of likely N-dealkylation sites (N-methyl/N-ethyl adjacent to an activating group) is 1. The van der Waals surface area contributed by atoms with Gasteiger partial charge in [-0.05, 0) is 37.3 Å². The Morgan fingerprint density at radius 3 is 2.68 bits per heavy atom. The fourth-order valence-corrected chi connectivity index (χ4v) is 3.53. The Morgan fingerprint density at radius 1 is 1.18 bits per heavy atom. The third-order valence-electron chi connectivity index (χ3n) is 3.75. The van der Waals surface area contributed by atoms with Gasteiger partial charge in [0.15, 0.2) is 11.7 Å². The molecule has 0 spiro atoms. The molecule has 0 aliphatic rings. The smallest absolute Gasteiger partial charge is 0.387 e. The second-order valence-electron chi connectivity index (χ2n) is 5.58. The minimum Gasteiger partial charge on any atom is -0.452 e. The van der Waals surface area contributed by atoms with Gasteiger partial charge in [0.1, 0.15) is 5.75 Å². The van der Waals surface area contributed by atoms with Crippen molar-refractivity contribution in [1.82, 2.24) is 4.98 Å². The molecule has 0 atom stereocenters. The largest absolute Gasteiger partial charge is 0.452 e. The van der Waals surface area contributed by atoms with Crippen LogP contribution in [0.2, 0.25) is 0 Å². The average Bonchev–Trinajstić information content (AvgIpc) is 3.10. The molecule has 0 aliphatic heterocycles. The molecule has 0 aliphatic carbocycles. The zero-order valence-corrected chi connectivity index (χ0v) is 15.6. The van der Waals surface area contributed by atoms with Gasteiger partial charge in [-0.2, -0.15) is 8.78 Å². The van der Waals surface area contributed by atoms with Gasteiger partial charge in [-0.3, -0.25) is 9.69 Å². The highest BCUT2D eigenvalue weighted by Gasteiger charge is 2.20. The third kappa shape index (κ3) is 4.61. The van der Waals surface area contributed by atoms with Crippen molar-refractivity contribution < 1.29 is 27.8 Å².